The minimum atomic E-state index is -1.08. The monoisotopic (exact) mass is 200 g/mol. The minimum Gasteiger partial charge on any atom is -0.478 e. The van der Waals surface area contributed by atoms with E-state index in [9.17, 15) is 9.59 Å². The molecule has 1 heterocycles. The Bertz CT molecular complexity index is 359. The Morgan fingerprint density at radius 2 is 2.23 bits per heavy atom. The number of carboxylic acid groups (broad SMARTS) is 1. The van der Waals surface area contributed by atoms with Gasteiger partial charge in [0.25, 0.3) is 0 Å². The van der Waals surface area contributed by atoms with Crippen LogP contribution in [-0.2, 0) is 0 Å². The molecule has 0 saturated heterocycles. The second kappa shape index (κ2) is 3.44. The van der Waals surface area contributed by atoms with Crippen molar-refractivity contribution < 1.29 is 14.7 Å². The molecule has 6 heteroatoms. The van der Waals surface area contributed by atoms with Gasteiger partial charge in [0.1, 0.15) is 5.00 Å². The van der Waals surface area contributed by atoms with Crippen LogP contribution in [0.5, 0.6) is 0 Å². The van der Waals surface area contributed by atoms with Gasteiger partial charge in [-0.05, 0) is 13.0 Å². The van der Waals surface area contributed by atoms with Crippen LogP contribution in [0.3, 0.4) is 0 Å². The van der Waals surface area contributed by atoms with Crippen LogP contribution in [0.15, 0.2) is 6.07 Å². The Morgan fingerprint density at radius 1 is 1.62 bits per heavy atom. The molecular weight excluding hydrogens is 192 g/mol. The lowest BCUT2D eigenvalue weighted by molar-refractivity contribution is 0.0698. The third-order valence-corrected chi connectivity index (χ3v) is 2.29. The van der Waals surface area contributed by atoms with E-state index >= 15 is 0 Å². The van der Waals surface area contributed by atoms with Crippen molar-refractivity contribution in [3.63, 3.8) is 0 Å². The second-order valence-electron chi connectivity index (χ2n) is 2.39. The SMILES string of the molecule is Cc1cc(C(=O)O)c(NC(N)=O)s1. The van der Waals surface area contributed by atoms with Crippen molar-refractivity contribution in [1.29, 1.82) is 0 Å². The van der Waals surface area contributed by atoms with E-state index in [0.29, 0.717) is 0 Å². The van der Waals surface area contributed by atoms with Gasteiger partial charge in [-0.3, -0.25) is 5.32 Å². The topological polar surface area (TPSA) is 92.4 Å². The molecule has 5 nitrogen and oxygen atoms in total. The molecule has 0 fully saturated rings. The normalized spacial score (nSPS) is 9.62. The first-order chi connectivity index (χ1) is 6.00. The summed E-state index contributed by atoms with van der Waals surface area (Å²) in [5.74, 6) is -1.08. The summed E-state index contributed by atoms with van der Waals surface area (Å²) in [7, 11) is 0. The number of urea groups is 1. The van der Waals surface area contributed by atoms with E-state index in [4.69, 9.17) is 10.8 Å². The second-order valence-corrected chi connectivity index (χ2v) is 3.65. The lowest BCUT2D eigenvalue weighted by Gasteiger charge is -1.97. The van der Waals surface area contributed by atoms with Crippen molar-refractivity contribution in [3.05, 3.63) is 16.5 Å². The Morgan fingerprint density at radius 3 is 2.69 bits per heavy atom. The van der Waals surface area contributed by atoms with Gasteiger partial charge in [-0.2, -0.15) is 0 Å². The molecule has 1 aromatic heterocycles. The Kier molecular flexibility index (Phi) is 2.52. The molecule has 0 saturated carbocycles. The van der Waals surface area contributed by atoms with E-state index in [2.05, 4.69) is 5.32 Å². The molecule has 2 amide bonds. The van der Waals surface area contributed by atoms with Crippen LogP contribution < -0.4 is 11.1 Å². The fourth-order valence-corrected chi connectivity index (χ4v) is 1.78. The number of rotatable bonds is 2. The Balaban J connectivity index is 3.04. The van der Waals surface area contributed by atoms with Crippen molar-refractivity contribution in [2.75, 3.05) is 5.32 Å². The molecule has 70 valence electrons. The predicted octanol–water partition coefficient (Wildman–Crippen LogP) is 1.25. The highest BCUT2D eigenvalue weighted by atomic mass is 32.1. The first-order valence-electron chi connectivity index (χ1n) is 3.41. The number of anilines is 1. The minimum absolute atomic E-state index is 0.0706. The Labute approximate surface area is 78.2 Å². The summed E-state index contributed by atoms with van der Waals surface area (Å²) in [6.07, 6.45) is 0. The van der Waals surface area contributed by atoms with E-state index in [1.165, 1.54) is 17.4 Å². The molecule has 0 aliphatic carbocycles. The van der Waals surface area contributed by atoms with Gasteiger partial charge in [-0.1, -0.05) is 0 Å². The summed E-state index contributed by atoms with van der Waals surface area (Å²) < 4.78 is 0. The summed E-state index contributed by atoms with van der Waals surface area (Å²) in [5.41, 5.74) is 4.94. The van der Waals surface area contributed by atoms with Gasteiger partial charge in [0.2, 0.25) is 0 Å². The zero-order valence-electron chi connectivity index (χ0n) is 6.83. The number of aryl methyl sites for hydroxylation is 1. The molecular formula is C7H8N2O3S. The highest BCUT2D eigenvalue weighted by Gasteiger charge is 2.14. The molecule has 1 rings (SSSR count). The number of primary amides is 1. The summed E-state index contributed by atoms with van der Waals surface area (Å²) >= 11 is 1.18. The van der Waals surface area contributed by atoms with Crippen LogP contribution in [-0.4, -0.2) is 17.1 Å². The van der Waals surface area contributed by atoms with Crippen LogP contribution in [0.2, 0.25) is 0 Å². The number of nitrogens with one attached hydrogen (secondary N) is 1. The van der Waals surface area contributed by atoms with E-state index < -0.39 is 12.0 Å². The quantitative estimate of drug-likeness (QED) is 0.670. The average molecular weight is 200 g/mol. The third-order valence-electron chi connectivity index (χ3n) is 1.32. The van der Waals surface area contributed by atoms with Gasteiger partial charge in [0, 0.05) is 4.88 Å². The number of hydrogen-bond donors (Lipinski definition) is 3. The number of carbonyl (C=O) groups is 2. The van der Waals surface area contributed by atoms with Gasteiger partial charge in [-0.25, -0.2) is 9.59 Å². The van der Waals surface area contributed by atoms with Crippen LogP contribution >= 0.6 is 11.3 Å². The fraction of sp³-hybridized carbons (Fsp3) is 0.143. The first-order valence-corrected chi connectivity index (χ1v) is 4.22. The highest BCUT2D eigenvalue weighted by molar-refractivity contribution is 7.16. The molecule has 0 bridgehead atoms. The van der Waals surface area contributed by atoms with Crippen molar-refractivity contribution in [3.8, 4) is 0 Å². The first kappa shape index (κ1) is 9.53. The maximum Gasteiger partial charge on any atom is 0.338 e. The number of thiophene rings is 1. The summed E-state index contributed by atoms with van der Waals surface area (Å²) in [6, 6.07) is 0.725. The van der Waals surface area contributed by atoms with Crippen molar-refractivity contribution in [2.45, 2.75) is 6.92 Å². The molecule has 13 heavy (non-hydrogen) atoms. The smallest absolute Gasteiger partial charge is 0.338 e. The largest absolute Gasteiger partial charge is 0.478 e. The van der Waals surface area contributed by atoms with Gasteiger partial charge in [-0.15, -0.1) is 11.3 Å². The van der Waals surface area contributed by atoms with Crippen molar-refractivity contribution in [1.82, 2.24) is 0 Å². The van der Waals surface area contributed by atoms with Crippen LogP contribution in [0.1, 0.15) is 15.2 Å². The van der Waals surface area contributed by atoms with Gasteiger partial charge < -0.3 is 10.8 Å². The summed E-state index contributed by atoms with van der Waals surface area (Å²) in [6.45, 7) is 1.75. The van der Waals surface area contributed by atoms with Crippen LogP contribution in [0, 0.1) is 6.92 Å². The number of aromatic carboxylic acids is 1. The van der Waals surface area contributed by atoms with E-state index in [0.717, 1.165) is 4.88 Å². The summed E-state index contributed by atoms with van der Waals surface area (Å²) in [5, 5.41) is 11.2. The molecule has 1 aromatic rings. The average Bonchev–Trinajstić information content (AvgIpc) is 2.29. The van der Waals surface area contributed by atoms with Crippen molar-refractivity contribution >= 4 is 28.3 Å². The van der Waals surface area contributed by atoms with E-state index in [1.807, 2.05) is 0 Å². The highest BCUT2D eigenvalue weighted by Crippen LogP contribution is 2.27. The molecule has 4 N–H and O–H groups in total. The third kappa shape index (κ3) is 2.19. The summed E-state index contributed by atoms with van der Waals surface area (Å²) in [4.78, 5) is 21.9. The standard InChI is InChI=1S/C7H8N2O3S/c1-3-2-4(6(10)11)5(13-3)9-7(8)12/h2H,1H3,(H,10,11)(H3,8,9,12). The maximum absolute atomic E-state index is 10.6. The number of carboxylic acids is 1. The maximum atomic E-state index is 10.6. The van der Waals surface area contributed by atoms with Gasteiger partial charge in [0.05, 0.1) is 5.56 Å². The van der Waals surface area contributed by atoms with E-state index in [-0.39, 0.29) is 10.6 Å². The molecule has 0 spiro atoms. The zero-order valence-corrected chi connectivity index (χ0v) is 7.64. The van der Waals surface area contributed by atoms with Gasteiger partial charge in [0.15, 0.2) is 0 Å². The number of nitrogens with two attached hydrogens (primary N) is 1. The van der Waals surface area contributed by atoms with Gasteiger partial charge >= 0.3 is 12.0 Å². The predicted molar refractivity (Wildman–Crippen MR) is 49.2 cm³/mol. The number of hydrogen-bond acceptors (Lipinski definition) is 3. The molecule has 0 aliphatic heterocycles. The fourth-order valence-electron chi connectivity index (χ4n) is 0.878. The molecule has 0 unspecified atom stereocenters. The Hall–Kier alpha value is -1.56. The van der Waals surface area contributed by atoms with E-state index in [1.54, 1.807) is 6.92 Å². The number of carbonyl (C=O) groups excluding carboxylic acids is 1. The van der Waals surface area contributed by atoms with Crippen molar-refractivity contribution in [2.24, 2.45) is 5.73 Å². The lowest BCUT2D eigenvalue weighted by Crippen LogP contribution is -2.19. The molecule has 0 aliphatic rings. The molecule has 0 atom stereocenters. The molecule has 0 aromatic carbocycles. The number of amides is 2. The lowest BCUT2D eigenvalue weighted by atomic mass is 10.3. The van der Waals surface area contributed by atoms with Crippen LogP contribution in [0.25, 0.3) is 0 Å². The molecule has 0 radical (unpaired) electrons. The zero-order chi connectivity index (χ0) is 10.0. The van der Waals surface area contributed by atoms with Crippen LogP contribution in [0.4, 0.5) is 9.80 Å².